The van der Waals surface area contributed by atoms with Gasteiger partial charge < -0.3 is 14.8 Å². The van der Waals surface area contributed by atoms with Crippen LogP contribution in [-0.2, 0) is 4.74 Å². The second kappa shape index (κ2) is 9.78. The summed E-state index contributed by atoms with van der Waals surface area (Å²) in [6, 6.07) is 4.33. The summed E-state index contributed by atoms with van der Waals surface area (Å²) in [4.78, 5) is 0. The molecular weight excluding hydrogens is 250 g/mol. The third-order valence-electron chi connectivity index (χ3n) is 3.20. The van der Waals surface area contributed by atoms with Gasteiger partial charge in [0.2, 0.25) is 0 Å². The molecule has 0 bridgehead atoms. The predicted molar refractivity (Wildman–Crippen MR) is 84.7 cm³/mol. The molecule has 0 aliphatic heterocycles. The zero-order valence-corrected chi connectivity index (χ0v) is 13.4. The Balaban J connectivity index is 2.13. The number of hydrogen-bond donors (Lipinski definition) is 1. The summed E-state index contributed by atoms with van der Waals surface area (Å²) in [6.45, 7) is 12.6. The maximum Gasteiger partial charge on any atom is 0.125 e. The first-order valence-corrected chi connectivity index (χ1v) is 7.64. The molecule has 0 saturated heterocycles. The van der Waals surface area contributed by atoms with E-state index in [1.807, 2.05) is 0 Å². The predicted octanol–water partition coefficient (Wildman–Crippen LogP) is 3.40. The molecule has 0 unspecified atom stereocenters. The monoisotopic (exact) mass is 279 g/mol. The molecule has 0 heterocycles. The van der Waals surface area contributed by atoms with Crippen LogP contribution in [0.2, 0.25) is 0 Å². The minimum Gasteiger partial charge on any atom is -0.492 e. The fourth-order valence-corrected chi connectivity index (χ4v) is 2.24. The van der Waals surface area contributed by atoms with Crippen molar-refractivity contribution in [3.63, 3.8) is 0 Å². The van der Waals surface area contributed by atoms with Crippen LogP contribution < -0.4 is 10.1 Å². The van der Waals surface area contributed by atoms with Crippen LogP contribution in [0, 0.1) is 20.8 Å². The van der Waals surface area contributed by atoms with Gasteiger partial charge in [0.25, 0.3) is 0 Å². The number of benzene rings is 1. The van der Waals surface area contributed by atoms with Gasteiger partial charge in [0.05, 0.1) is 6.61 Å². The van der Waals surface area contributed by atoms with Crippen LogP contribution in [0.3, 0.4) is 0 Å². The first kappa shape index (κ1) is 17.0. The lowest BCUT2D eigenvalue weighted by molar-refractivity contribution is 0.132. The second-order valence-corrected chi connectivity index (χ2v) is 5.29. The van der Waals surface area contributed by atoms with Crippen molar-refractivity contribution in [1.82, 2.24) is 5.32 Å². The SMILES string of the molecule is CCCCOCCNCCOc1c(C)cc(C)cc1C. The Hall–Kier alpha value is -1.06. The van der Waals surface area contributed by atoms with E-state index in [1.165, 1.54) is 23.1 Å². The summed E-state index contributed by atoms with van der Waals surface area (Å²) in [5.74, 6) is 1.02. The van der Waals surface area contributed by atoms with E-state index in [9.17, 15) is 0 Å². The second-order valence-electron chi connectivity index (χ2n) is 5.29. The number of aryl methyl sites for hydroxylation is 3. The number of ether oxygens (including phenoxy) is 2. The summed E-state index contributed by atoms with van der Waals surface area (Å²) in [7, 11) is 0. The van der Waals surface area contributed by atoms with Crippen LogP contribution in [0.4, 0.5) is 0 Å². The highest BCUT2D eigenvalue weighted by Gasteiger charge is 2.04. The van der Waals surface area contributed by atoms with E-state index in [-0.39, 0.29) is 0 Å². The molecule has 0 aliphatic carbocycles. The molecule has 0 fully saturated rings. The summed E-state index contributed by atoms with van der Waals surface area (Å²) in [6.07, 6.45) is 2.34. The molecule has 1 aromatic carbocycles. The third-order valence-corrected chi connectivity index (χ3v) is 3.20. The van der Waals surface area contributed by atoms with Crippen molar-refractivity contribution in [2.75, 3.05) is 32.9 Å². The molecule has 1 rings (SSSR count). The van der Waals surface area contributed by atoms with Gasteiger partial charge in [-0.25, -0.2) is 0 Å². The Kier molecular flexibility index (Phi) is 8.31. The minimum atomic E-state index is 0.694. The Labute approximate surface area is 123 Å². The summed E-state index contributed by atoms with van der Waals surface area (Å²) < 4.78 is 11.4. The van der Waals surface area contributed by atoms with E-state index in [0.717, 1.165) is 38.5 Å². The molecule has 3 heteroatoms. The zero-order chi connectivity index (χ0) is 14.8. The highest BCUT2D eigenvalue weighted by molar-refractivity contribution is 5.42. The number of nitrogens with one attached hydrogen (secondary N) is 1. The van der Waals surface area contributed by atoms with Gasteiger partial charge in [0.15, 0.2) is 0 Å². The molecule has 0 aliphatic rings. The fraction of sp³-hybridized carbons (Fsp3) is 0.647. The van der Waals surface area contributed by atoms with Crippen molar-refractivity contribution in [3.8, 4) is 5.75 Å². The lowest BCUT2D eigenvalue weighted by Gasteiger charge is -2.13. The Bertz CT molecular complexity index is 368. The largest absolute Gasteiger partial charge is 0.492 e. The smallest absolute Gasteiger partial charge is 0.125 e. The van der Waals surface area contributed by atoms with Crippen molar-refractivity contribution in [2.45, 2.75) is 40.5 Å². The van der Waals surface area contributed by atoms with E-state index < -0.39 is 0 Å². The summed E-state index contributed by atoms with van der Waals surface area (Å²) in [5.41, 5.74) is 3.71. The van der Waals surface area contributed by atoms with Gasteiger partial charge in [-0.15, -0.1) is 0 Å². The highest BCUT2D eigenvalue weighted by Crippen LogP contribution is 2.24. The van der Waals surface area contributed by atoms with Crippen molar-refractivity contribution in [3.05, 3.63) is 28.8 Å². The van der Waals surface area contributed by atoms with Gasteiger partial charge in [-0.2, -0.15) is 0 Å². The Morgan fingerprint density at radius 2 is 1.60 bits per heavy atom. The molecule has 3 nitrogen and oxygen atoms in total. The van der Waals surface area contributed by atoms with E-state index in [0.29, 0.717) is 6.61 Å². The van der Waals surface area contributed by atoms with Gasteiger partial charge >= 0.3 is 0 Å². The van der Waals surface area contributed by atoms with Crippen molar-refractivity contribution >= 4 is 0 Å². The number of unbranched alkanes of at least 4 members (excludes halogenated alkanes) is 1. The average Bonchev–Trinajstić information content (AvgIpc) is 2.39. The third kappa shape index (κ3) is 6.40. The normalized spacial score (nSPS) is 10.8. The van der Waals surface area contributed by atoms with Gasteiger partial charge in [0.1, 0.15) is 12.4 Å². The quantitative estimate of drug-likeness (QED) is 0.666. The van der Waals surface area contributed by atoms with Crippen LogP contribution in [0.15, 0.2) is 12.1 Å². The van der Waals surface area contributed by atoms with Crippen molar-refractivity contribution in [1.29, 1.82) is 0 Å². The number of hydrogen-bond acceptors (Lipinski definition) is 3. The zero-order valence-electron chi connectivity index (χ0n) is 13.4. The minimum absolute atomic E-state index is 0.694. The van der Waals surface area contributed by atoms with Crippen LogP contribution in [-0.4, -0.2) is 32.9 Å². The lowest BCUT2D eigenvalue weighted by Crippen LogP contribution is -2.25. The van der Waals surface area contributed by atoms with Gasteiger partial charge in [-0.05, 0) is 38.3 Å². The summed E-state index contributed by atoms with van der Waals surface area (Å²) >= 11 is 0. The van der Waals surface area contributed by atoms with Crippen LogP contribution in [0.5, 0.6) is 5.75 Å². The van der Waals surface area contributed by atoms with Gasteiger partial charge in [0, 0.05) is 19.7 Å². The van der Waals surface area contributed by atoms with E-state index in [1.54, 1.807) is 0 Å². The standard InChI is InChI=1S/C17H29NO2/c1-5-6-9-19-10-7-18-8-11-20-17-15(3)12-14(2)13-16(17)4/h12-13,18H,5-11H2,1-4H3. The fourth-order valence-electron chi connectivity index (χ4n) is 2.24. The number of rotatable bonds is 10. The molecule has 0 atom stereocenters. The Morgan fingerprint density at radius 3 is 2.25 bits per heavy atom. The first-order chi connectivity index (χ1) is 9.65. The maximum atomic E-state index is 5.86. The topological polar surface area (TPSA) is 30.5 Å². The van der Waals surface area contributed by atoms with E-state index >= 15 is 0 Å². The lowest BCUT2D eigenvalue weighted by atomic mass is 10.1. The van der Waals surface area contributed by atoms with Gasteiger partial charge in [-0.3, -0.25) is 0 Å². The molecule has 0 saturated carbocycles. The molecular formula is C17H29NO2. The van der Waals surface area contributed by atoms with Crippen LogP contribution in [0.25, 0.3) is 0 Å². The molecule has 114 valence electrons. The first-order valence-electron chi connectivity index (χ1n) is 7.64. The summed E-state index contributed by atoms with van der Waals surface area (Å²) in [5, 5.41) is 3.33. The Morgan fingerprint density at radius 1 is 0.950 bits per heavy atom. The molecule has 20 heavy (non-hydrogen) atoms. The van der Waals surface area contributed by atoms with Crippen LogP contribution in [0.1, 0.15) is 36.5 Å². The molecule has 1 N–H and O–H groups in total. The van der Waals surface area contributed by atoms with Crippen molar-refractivity contribution in [2.24, 2.45) is 0 Å². The average molecular weight is 279 g/mol. The van der Waals surface area contributed by atoms with E-state index in [4.69, 9.17) is 9.47 Å². The molecule has 0 aromatic heterocycles. The van der Waals surface area contributed by atoms with E-state index in [2.05, 4.69) is 45.1 Å². The van der Waals surface area contributed by atoms with Crippen LogP contribution >= 0.6 is 0 Å². The molecule has 1 aromatic rings. The maximum absolute atomic E-state index is 5.86. The van der Waals surface area contributed by atoms with Gasteiger partial charge in [-0.1, -0.05) is 31.0 Å². The molecule has 0 radical (unpaired) electrons. The molecule has 0 amide bonds. The highest BCUT2D eigenvalue weighted by atomic mass is 16.5. The molecule has 0 spiro atoms. The van der Waals surface area contributed by atoms with Crippen molar-refractivity contribution < 1.29 is 9.47 Å².